The van der Waals surface area contributed by atoms with Crippen molar-refractivity contribution in [3.63, 3.8) is 0 Å². The maximum atomic E-state index is 11.4. The van der Waals surface area contributed by atoms with Crippen molar-refractivity contribution < 1.29 is 26.4 Å². The summed E-state index contributed by atoms with van der Waals surface area (Å²) >= 11 is 0. The molecule has 1 aliphatic heterocycles. The Hall–Kier alpha value is -0.0200. The molecule has 1 saturated heterocycles. The summed E-state index contributed by atoms with van der Waals surface area (Å²) in [7, 11) is -3.78. The first-order chi connectivity index (χ1) is 6.81. The summed E-state index contributed by atoms with van der Waals surface area (Å²) < 4.78 is 46.7. The van der Waals surface area contributed by atoms with Crippen LogP contribution in [0.5, 0.6) is 0 Å². The second-order valence-electron chi connectivity index (χ2n) is 3.95. The molecule has 0 saturated carbocycles. The molecule has 1 N–H and O–H groups in total. The third-order valence-electron chi connectivity index (χ3n) is 2.29. The lowest BCUT2D eigenvalue weighted by Gasteiger charge is -2.36. The van der Waals surface area contributed by atoms with Gasteiger partial charge in [-0.2, -0.15) is 8.42 Å². The van der Waals surface area contributed by atoms with Crippen molar-refractivity contribution in [1.29, 1.82) is 0 Å². The molecule has 0 radical (unpaired) electrons. The summed E-state index contributed by atoms with van der Waals surface area (Å²) in [6.45, 7) is 2.63. The van der Waals surface area contributed by atoms with E-state index in [-0.39, 0.29) is 5.88 Å². The summed E-state index contributed by atoms with van der Waals surface area (Å²) in [5.41, 5.74) is 0. The molecule has 0 spiro atoms. The topological polar surface area (TPSA) is 80.7 Å². The molecule has 8 heteroatoms. The van der Waals surface area contributed by atoms with E-state index in [9.17, 15) is 12.6 Å². The normalized spacial score (nSPS) is 23.6. The van der Waals surface area contributed by atoms with E-state index >= 15 is 0 Å². The van der Waals surface area contributed by atoms with Gasteiger partial charge in [-0.05, 0) is 0 Å². The van der Waals surface area contributed by atoms with E-state index in [1.54, 1.807) is 0 Å². The van der Waals surface area contributed by atoms with Crippen LogP contribution in [-0.2, 0) is 25.7 Å². The van der Waals surface area contributed by atoms with Crippen molar-refractivity contribution in [2.24, 2.45) is 0 Å². The predicted octanol–water partition coefficient (Wildman–Crippen LogP) is -0.985. The Morgan fingerprint density at radius 2 is 1.93 bits per heavy atom. The zero-order valence-corrected chi connectivity index (χ0v) is 10.2. The van der Waals surface area contributed by atoms with E-state index in [0.29, 0.717) is 17.7 Å². The van der Waals surface area contributed by atoms with Crippen molar-refractivity contribution in [1.82, 2.24) is 0 Å². The molecule has 1 aliphatic rings. The maximum Gasteiger partial charge on any atom is 0.277 e. The summed E-state index contributed by atoms with van der Waals surface area (Å²) in [5.74, 6) is 0.239. The smallest absolute Gasteiger partial charge is 0.277 e. The molecule has 1 heterocycles. The lowest BCUT2D eigenvalue weighted by molar-refractivity contribution is -0.905. The number of rotatable bonds is 4. The number of quaternary nitrogens is 1. The molecule has 0 aromatic heterocycles. The fourth-order valence-electron chi connectivity index (χ4n) is 1.46. The van der Waals surface area contributed by atoms with Crippen LogP contribution in [0.25, 0.3) is 0 Å². The van der Waals surface area contributed by atoms with Crippen molar-refractivity contribution in [2.45, 2.75) is 0 Å². The van der Waals surface area contributed by atoms with Gasteiger partial charge in [-0.15, -0.1) is 0 Å². The minimum absolute atomic E-state index is 0.239. The van der Waals surface area contributed by atoms with Gasteiger partial charge in [-0.1, -0.05) is 0 Å². The standard InChI is InChI=1S/C7H15NO5S2/c1-8(2-4-13-5-3-8)6-14(9)7-15(10,11)12/h2-7H2,1H3/p+1/t14-/m0/s1. The molecule has 1 fully saturated rings. The van der Waals surface area contributed by atoms with Gasteiger partial charge in [0.1, 0.15) is 13.1 Å². The molecule has 0 amide bonds. The van der Waals surface area contributed by atoms with Crippen LogP contribution in [0, 0.1) is 0 Å². The molecule has 1 atom stereocenters. The van der Waals surface area contributed by atoms with Crippen LogP contribution in [0.3, 0.4) is 0 Å². The highest BCUT2D eigenvalue weighted by molar-refractivity contribution is 8.02. The average Bonchev–Trinajstić information content (AvgIpc) is 1.99. The van der Waals surface area contributed by atoms with Crippen molar-refractivity contribution in [3.05, 3.63) is 0 Å². The third-order valence-corrected chi connectivity index (χ3v) is 5.44. The Morgan fingerprint density at radius 3 is 2.40 bits per heavy atom. The van der Waals surface area contributed by atoms with E-state index < -0.39 is 26.0 Å². The summed E-state index contributed by atoms with van der Waals surface area (Å²) in [5, 5.41) is -0.679. The van der Waals surface area contributed by atoms with E-state index in [1.165, 1.54) is 0 Å². The number of hydrogen-bond acceptors (Lipinski definition) is 4. The largest absolute Gasteiger partial charge is 0.370 e. The van der Waals surface area contributed by atoms with Gasteiger partial charge in [0.25, 0.3) is 10.1 Å². The van der Waals surface area contributed by atoms with Gasteiger partial charge < -0.3 is 9.22 Å². The molecule has 0 aliphatic carbocycles. The molecular weight excluding hydrogens is 242 g/mol. The number of hydrogen-bond donors (Lipinski definition) is 1. The Labute approximate surface area is 92.0 Å². The van der Waals surface area contributed by atoms with E-state index in [0.717, 1.165) is 13.1 Å². The van der Waals surface area contributed by atoms with Crippen LogP contribution in [0.2, 0.25) is 0 Å². The molecule has 6 nitrogen and oxygen atoms in total. The average molecular weight is 258 g/mol. The number of likely N-dealkylation sites (N-methyl/N-ethyl adjacent to an activating group) is 1. The maximum absolute atomic E-state index is 11.4. The molecule has 90 valence electrons. The first-order valence-corrected chi connectivity index (χ1v) is 7.62. The van der Waals surface area contributed by atoms with E-state index in [4.69, 9.17) is 9.29 Å². The van der Waals surface area contributed by atoms with Crippen molar-refractivity contribution in [3.8, 4) is 0 Å². The minimum Gasteiger partial charge on any atom is -0.370 e. The fraction of sp³-hybridized carbons (Fsp3) is 1.00. The molecule has 0 aromatic carbocycles. The van der Waals surface area contributed by atoms with Crippen LogP contribution in [0.4, 0.5) is 0 Å². The van der Waals surface area contributed by atoms with E-state index in [2.05, 4.69) is 0 Å². The molecule has 15 heavy (non-hydrogen) atoms. The zero-order valence-electron chi connectivity index (χ0n) is 8.59. The first kappa shape index (κ1) is 13.0. The highest BCUT2D eigenvalue weighted by Gasteiger charge is 2.28. The highest BCUT2D eigenvalue weighted by atomic mass is 32.3. The second-order valence-corrected chi connectivity index (χ2v) is 7.19. The monoisotopic (exact) mass is 258 g/mol. The molecule has 0 bridgehead atoms. The lowest BCUT2D eigenvalue weighted by Crippen LogP contribution is -2.53. The zero-order chi connectivity index (χ0) is 11.5. The van der Waals surface area contributed by atoms with Crippen LogP contribution in [-0.4, -0.2) is 66.0 Å². The number of nitrogens with zero attached hydrogens (tertiary/aromatic N) is 1. The van der Waals surface area contributed by atoms with E-state index in [1.807, 2.05) is 7.05 Å². The predicted molar refractivity (Wildman–Crippen MR) is 56.2 cm³/mol. The Morgan fingerprint density at radius 1 is 1.40 bits per heavy atom. The van der Waals surface area contributed by atoms with Gasteiger partial charge in [0, 0.05) is 0 Å². The minimum atomic E-state index is -4.14. The second kappa shape index (κ2) is 4.88. The number of ether oxygens (including phenoxy) is 1. The highest BCUT2D eigenvalue weighted by Crippen LogP contribution is 2.09. The Bertz CT molecular complexity index is 333. The van der Waals surface area contributed by atoms with Gasteiger partial charge in [0.2, 0.25) is 0 Å². The van der Waals surface area contributed by atoms with Crippen LogP contribution < -0.4 is 0 Å². The van der Waals surface area contributed by atoms with Gasteiger partial charge in [0.15, 0.2) is 11.0 Å². The van der Waals surface area contributed by atoms with Gasteiger partial charge in [-0.25, -0.2) is 0 Å². The molecular formula is C7H16NO5S2+. The molecule has 0 unspecified atom stereocenters. The van der Waals surface area contributed by atoms with Crippen LogP contribution in [0.1, 0.15) is 0 Å². The van der Waals surface area contributed by atoms with Crippen molar-refractivity contribution in [2.75, 3.05) is 44.3 Å². The first-order valence-electron chi connectivity index (χ1n) is 4.52. The molecule has 1 rings (SSSR count). The summed E-state index contributed by atoms with van der Waals surface area (Å²) in [6, 6.07) is 0. The van der Waals surface area contributed by atoms with Gasteiger partial charge >= 0.3 is 0 Å². The van der Waals surface area contributed by atoms with Gasteiger partial charge in [-0.3, -0.25) is 8.76 Å². The molecule has 0 aromatic rings. The SMILES string of the molecule is C[N+]1(C[S@](=O)CS(=O)(=O)O)CCOCC1. The summed E-state index contributed by atoms with van der Waals surface area (Å²) in [6.07, 6.45) is 0. The lowest BCUT2D eigenvalue weighted by atomic mass is 10.4. The van der Waals surface area contributed by atoms with Gasteiger partial charge in [0.05, 0.1) is 31.1 Å². The van der Waals surface area contributed by atoms with Crippen LogP contribution >= 0.6 is 0 Å². The fourth-order valence-corrected chi connectivity index (χ4v) is 4.04. The Kier molecular flexibility index (Phi) is 4.24. The number of morpholine rings is 1. The summed E-state index contributed by atoms with van der Waals surface area (Å²) in [4.78, 5) is 0. The Balaban J connectivity index is 2.49. The van der Waals surface area contributed by atoms with Crippen LogP contribution in [0.15, 0.2) is 0 Å². The van der Waals surface area contributed by atoms with Crippen molar-refractivity contribution >= 4 is 20.9 Å². The quantitative estimate of drug-likeness (QED) is 0.517. The third kappa shape index (κ3) is 5.03.